The average Bonchev–Trinajstić information content (AvgIpc) is 3.17. The van der Waals surface area contributed by atoms with Crippen molar-refractivity contribution in [2.45, 2.75) is 97.6 Å². The lowest BCUT2D eigenvalue weighted by Crippen LogP contribution is -2.62. The molecule has 0 bridgehead atoms. The molecule has 2 heterocycles. The van der Waals surface area contributed by atoms with Gasteiger partial charge < -0.3 is 14.7 Å². The van der Waals surface area contributed by atoms with Crippen molar-refractivity contribution in [2.24, 2.45) is 11.3 Å². The third kappa shape index (κ3) is 5.55. The van der Waals surface area contributed by atoms with Crippen LogP contribution in [0.15, 0.2) is 6.07 Å². The molecule has 2 fully saturated rings. The van der Waals surface area contributed by atoms with E-state index in [4.69, 9.17) is 4.74 Å². The molecule has 0 unspecified atom stereocenters. The second-order valence-corrected chi connectivity index (χ2v) is 11.5. The van der Waals surface area contributed by atoms with Crippen LogP contribution in [0, 0.1) is 23.2 Å². The van der Waals surface area contributed by atoms with Crippen molar-refractivity contribution in [1.29, 1.82) is 0 Å². The van der Waals surface area contributed by atoms with E-state index in [1.165, 1.54) is 6.42 Å². The number of anilines is 1. The molecule has 1 aliphatic heterocycles. The lowest BCUT2D eigenvalue weighted by molar-refractivity contribution is -0.154. The summed E-state index contributed by atoms with van der Waals surface area (Å²) in [6.45, 7) is 10.5. The minimum absolute atomic E-state index is 0.108. The highest BCUT2D eigenvalue weighted by Crippen LogP contribution is 2.41. The molecule has 1 aliphatic carbocycles. The van der Waals surface area contributed by atoms with Crippen LogP contribution in [0.4, 0.5) is 5.69 Å². The Morgan fingerprint density at radius 2 is 2.00 bits per heavy atom. The molecule has 1 N–H and O–H groups in total. The van der Waals surface area contributed by atoms with Crippen molar-refractivity contribution in [3.8, 4) is 11.8 Å². The molecule has 6 heteroatoms. The molecule has 176 valence electrons. The van der Waals surface area contributed by atoms with Gasteiger partial charge in [0, 0.05) is 5.41 Å². The molecule has 1 aromatic heterocycles. The van der Waals surface area contributed by atoms with Gasteiger partial charge in [-0.3, -0.25) is 4.79 Å². The van der Waals surface area contributed by atoms with E-state index in [1.807, 2.05) is 33.8 Å². The molecule has 2 aliphatic rings. The second-order valence-electron chi connectivity index (χ2n) is 10.4. The largest absolute Gasteiger partial charge is 0.477 e. The number of hydrogen-bond donors (Lipinski definition) is 1. The Morgan fingerprint density at radius 3 is 2.59 bits per heavy atom. The second kappa shape index (κ2) is 9.97. The number of rotatable bonds is 6. The molecule has 0 spiro atoms. The summed E-state index contributed by atoms with van der Waals surface area (Å²) in [6.07, 6.45) is 8.12. The van der Waals surface area contributed by atoms with Gasteiger partial charge in [0.05, 0.1) is 23.2 Å². The molecule has 5 nitrogen and oxygen atoms in total. The lowest BCUT2D eigenvalue weighted by Gasteiger charge is -2.47. The zero-order valence-corrected chi connectivity index (χ0v) is 20.9. The van der Waals surface area contributed by atoms with Crippen molar-refractivity contribution < 1.29 is 19.4 Å². The van der Waals surface area contributed by atoms with Crippen LogP contribution < -0.4 is 4.90 Å². The molecule has 2 atom stereocenters. The summed E-state index contributed by atoms with van der Waals surface area (Å²) in [4.78, 5) is 28.7. The van der Waals surface area contributed by atoms with Crippen LogP contribution in [0.1, 0.15) is 101 Å². The van der Waals surface area contributed by atoms with Crippen LogP contribution >= 0.6 is 11.3 Å². The van der Waals surface area contributed by atoms with Crippen molar-refractivity contribution in [1.82, 2.24) is 0 Å². The van der Waals surface area contributed by atoms with Crippen LogP contribution in [0.3, 0.4) is 0 Å². The Kier molecular flexibility index (Phi) is 7.73. The van der Waals surface area contributed by atoms with Crippen LogP contribution in [0.5, 0.6) is 0 Å². The zero-order valence-electron chi connectivity index (χ0n) is 20.1. The summed E-state index contributed by atoms with van der Waals surface area (Å²) in [5.74, 6) is 5.54. The van der Waals surface area contributed by atoms with E-state index in [9.17, 15) is 14.7 Å². The van der Waals surface area contributed by atoms with Gasteiger partial charge >= 0.3 is 5.97 Å². The van der Waals surface area contributed by atoms with E-state index in [1.54, 1.807) is 4.90 Å². The number of morpholine rings is 1. The normalized spacial score (nSPS) is 24.8. The maximum Gasteiger partial charge on any atom is 0.348 e. The van der Waals surface area contributed by atoms with Crippen molar-refractivity contribution >= 4 is 28.9 Å². The molecule has 1 saturated carbocycles. The Bertz CT molecular complexity index is 897. The van der Waals surface area contributed by atoms with Gasteiger partial charge in [-0.25, -0.2) is 4.79 Å². The monoisotopic (exact) mass is 459 g/mol. The lowest BCUT2D eigenvalue weighted by atomic mass is 9.81. The fourth-order valence-electron chi connectivity index (χ4n) is 4.68. The number of carbonyl (C=O) groups excluding carboxylic acids is 1. The number of nitrogens with zero attached hydrogens (tertiary/aromatic N) is 1. The number of aromatic carboxylic acids is 1. The van der Waals surface area contributed by atoms with Gasteiger partial charge in [0.1, 0.15) is 10.5 Å². The van der Waals surface area contributed by atoms with Crippen LogP contribution in [0.25, 0.3) is 0 Å². The first-order valence-electron chi connectivity index (χ1n) is 11.9. The minimum atomic E-state index is -1.01. The van der Waals surface area contributed by atoms with E-state index >= 15 is 0 Å². The fraction of sp³-hybridized carbons (Fsp3) is 0.692. The average molecular weight is 460 g/mol. The van der Waals surface area contributed by atoms with Gasteiger partial charge in [-0.1, -0.05) is 50.9 Å². The molecule has 1 saturated heterocycles. The quantitative estimate of drug-likeness (QED) is 0.522. The van der Waals surface area contributed by atoms with Gasteiger partial charge in [-0.15, -0.1) is 11.3 Å². The number of amides is 1. The molecular formula is C26H37NO4S. The van der Waals surface area contributed by atoms with Gasteiger partial charge in [0.15, 0.2) is 0 Å². The Morgan fingerprint density at radius 1 is 1.31 bits per heavy atom. The molecule has 0 radical (unpaired) electrons. The van der Waals surface area contributed by atoms with Gasteiger partial charge in [0.2, 0.25) is 0 Å². The number of carboxylic acid groups (broad SMARTS) is 1. The number of hydrogen-bond acceptors (Lipinski definition) is 4. The topological polar surface area (TPSA) is 66.8 Å². The predicted molar refractivity (Wildman–Crippen MR) is 129 cm³/mol. The van der Waals surface area contributed by atoms with Crippen LogP contribution in [-0.4, -0.2) is 35.2 Å². The Balaban J connectivity index is 2.06. The number of unbranched alkanes of at least 4 members (excludes halogenated alkanes) is 1. The summed E-state index contributed by atoms with van der Waals surface area (Å²) in [5.41, 5.74) is -0.616. The molecule has 1 aromatic rings. The first-order valence-corrected chi connectivity index (χ1v) is 12.8. The highest BCUT2D eigenvalue weighted by molar-refractivity contribution is 7.15. The molecule has 0 aromatic carbocycles. The molecule has 3 rings (SSSR count). The zero-order chi connectivity index (χ0) is 23.5. The van der Waals surface area contributed by atoms with Crippen molar-refractivity contribution in [2.75, 3.05) is 11.5 Å². The van der Waals surface area contributed by atoms with E-state index in [2.05, 4.69) is 18.8 Å². The van der Waals surface area contributed by atoms with Gasteiger partial charge in [-0.2, -0.15) is 0 Å². The Labute approximate surface area is 196 Å². The van der Waals surface area contributed by atoms with Crippen molar-refractivity contribution in [3.05, 3.63) is 15.8 Å². The summed E-state index contributed by atoms with van der Waals surface area (Å²) < 4.78 is 6.23. The smallest absolute Gasteiger partial charge is 0.348 e. The summed E-state index contributed by atoms with van der Waals surface area (Å²) in [5, 5.41) is 9.99. The van der Waals surface area contributed by atoms with Crippen LogP contribution in [-0.2, 0) is 9.53 Å². The first-order chi connectivity index (χ1) is 15.1. The number of carbonyl (C=O) groups is 2. The summed E-state index contributed by atoms with van der Waals surface area (Å²) in [7, 11) is 0. The third-order valence-electron chi connectivity index (χ3n) is 6.50. The number of thiophene rings is 1. The molecule has 1 amide bonds. The van der Waals surface area contributed by atoms with Crippen LogP contribution in [0.2, 0.25) is 0 Å². The third-order valence-corrected chi connectivity index (χ3v) is 7.53. The molecular weight excluding hydrogens is 422 g/mol. The Hall–Kier alpha value is -1.84. The first kappa shape index (κ1) is 24.8. The van der Waals surface area contributed by atoms with E-state index in [0.29, 0.717) is 29.5 Å². The van der Waals surface area contributed by atoms with E-state index in [0.717, 1.165) is 49.9 Å². The van der Waals surface area contributed by atoms with E-state index < -0.39 is 11.6 Å². The summed E-state index contributed by atoms with van der Waals surface area (Å²) in [6, 6.07) is 1.68. The summed E-state index contributed by atoms with van der Waals surface area (Å²) >= 11 is 1.16. The highest BCUT2D eigenvalue weighted by Gasteiger charge is 2.48. The SMILES string of the molecule is CCCC[C@@]1(C)OC[C@@H](C2CCCCC2)N(c2cc(C#CC(C)(C)C)sc2C(=O)O)C1=O. The van der Waals surface area contributed by atoms with Gasteiger partial charge in [-0.05, 0) is 58.9 Å². The standard InChI is InChI=1S/C26H37NO4S/c1-6-7-14-26(5)24(30)27(21(17-31-26)18-11-9-8-10-12-18)20-16-19(13-15-25(2,3)4)32-22(20)23(28)29/h16,18,21H,6-12,14,17H2,1-5H3,(H,28,29)/t21-,26+/m0/s1. The highest BCUT2D eigenvalue weighted by atomic mass is 32.1. The number of ether oxygens (including phenoxy) is 1. The fourth-order valence-corrected chi connectivity index (χ4v) is 5.52. The van der Waals surface area contributed by atoms with Crippen molar-refractivity contribution in [3.63, 3.8) is 0 Å². The minimum Gasteiger partial charge on any atom is -0.477 e. The number of carboxylic acids is 1. The van der Waals surface area contributed by atoms with Gasteiger partial charge in [0.25, 0.3) is 5.91 Å². The maximum absolute atomic E-state index is 13.9. The van der Waals surface area contributed by atoms with E-state index in [-0.39, 0.29) is 22.2 Å². The maximum atomic E-state index is 13.9. The predicted octanol–water partition coefficient (Wildman–Crippen LogP) is 6.10. The molecule has 32 heavy (non-hydrogen) atoms.